The maximum absolute atomic E-state index is 13.5. The number of aromatic nitrogens is 4. The molecular formula is C20H21F3N6. The molecule has 0 radical (unpaired) electrons. The van der Waals surface area contributed by atoms with E-state index in [4.69, 9.17) is 0 Å². The van der Waals surface area contributed by atoms with Gasteiger partial charge >= 0.3 is 6.18 Å². The standard InChI is InChI=1S/C20H21F3N6/c21-20(22,23)19(5-6-19)16-12-29-15(10-27-18(29)11-25-16)14-2-1-3-17(28-14)26-9-13-4-7-24-8-13/h1-3,10-13,24H,4-9H2,(H,26,28)/t13-/m1/s1. The monoisotopic (exact) mass is 402 g/mol. The zero-order chi connectivity index (χ0) is 20.1. The third-order valence-corrected chi connectivity index (χ3v) is 5.92. The van der Waals surface area contributed by atoms with Crippen molar-refractivity contribution in [3.05, 3.63) is 42.5 Å². The predicted molar refractivity (Wildman–Crippen MR) is 103 cm³/mol. The molecule has 1 atom stereocenters. The number of hydrogen-bond donors (Lipinski definition) is 2. The molecule has 0 aromatic carbocycles. The van der Waals surface area contributed by atoms with E-state index in [0.29, 0.717) is 23.0 Å². The van der Waals surface area contributed by atoms with Gasteiger partial charge in [0.25, 0.3) is 0 Å². The van der Waals surface area contributed by atoms with Crippen LogP contribution in [0.4, 0.5) is 19.0 Å². The number of pyridine rings is 1. The average molecular weight is 402 g/mol. The quantitative estimate of drug-likeness (QED) is 0.685. The Morgan fingerprint density at radius 2 is 2.07 bits per heavy atom. The van der Waals surface area contributed by atoms with E-state index in [1.165, 1.54) is 12.4 Å². The minimum atomic E-state index is -4.30. The lowest BCUT2D eigenvalue weighted by Crippen LogP contribution is -2.29. The second kappa shape index (κ2) is 6.69. The van der Waals surface area contributed by atoms with E-state index in [1.807, 2.05) is 18.2 Å². The molecule has 0 bridgehead atoms. The highest BCUT2D eigenvalue weighted by atomic mass is 19.4. The topological polar surface area (TPSA) is 67.1 Å². The van der Waals surface area contributed by atoms with Crippen molar-refractivity contribution in [3.63, 3.8) is 0 Å². The Kier molecular flexibility index (Phi) is 4.23. The summed E-state index contributed by atoms with van der Waals surface area (Å²) in [7, 11) is 0. The van der Waals surface area contributed by atoms with Gasteiger partial charge in [0.15, 0.2) is 5.65 Å². The molecule has 0 unspecified atom stereocenters. The lowest BCUT2D eigenvalue weighted by Gasteiger charge is -2.18. The van der Waals surface area contributed by atoms with Crippen LogP contribution in [0.15, 0.2) is 36.8 Å². The number of halogens is 3. The Labute approximate surface area is 165 Å². The van der Waals surface area contributed by atoms with Gasteiger partial charge in [0.2, 0.25) is 0 Å². The van der Waals surface area contributed by atoms with Crippen molar-refractivity contribution in [2.24, 2.45) is 5.92 Å². The highest BCUT2D eigenvalue weighted by Gasteiger charge is 2.65. The van der Waals surface area contributed by atoms with Crippen LogP contribution >= 0.6 is 0 Å². The molecule has 2 aliphatic rings. The van der Waals surface area contributed by atoms with Crippen LogP contribution in [-0.2, 0) is 5.41 Å². The fourth-order valence-electron chi connectivity index (χ4n) is 3.95. The van der Waals surface area contributed by atoms with Gasteiger partial charge in [-0.05, 0) is 50.4 Å². The van der Waals surface area contributed by atoms with E-state index in [0.717, 1.165) is 31.9 Å². The second-order valence-electron chi connectivity index (χ2n) is 7.87. The average Bonchev–Trinajstić information content (AvgIpc) is 3.19. The predicted octanol–water partition coefficient (Wildman–Crippen LogP) is 3.41. The Bertz CT molecular complexity index is 1030. The number of imidazole rings is 1. The molecule has 9 heteroatoms. The molecule has 1 saturated heterocycles. The van der Waals surface area contributed by atoms with Gasteiger partial charge in [0.05, 0.1) is 29.5 Å². The summed E-state index contributed by atoms with van der Waals surface area (Å²) >= 11 is 0. The zero-order valence-corrected chi connectivity index (χ0v) is 15.7. The Morgan fingerprint density at radius 3 is 2.79 bits per heavy atom. The summed E-state index contributed by atoms with van der Waals surface area (Å²) in [6, 6.07) is 5.62. The fraction of sp³-hybridized carbons (Fsp3) is 0.450. The van der Waals surface area contributed by atoms with Gasteiger partial charge in [-0.25, -0.2) is 9.97 Å². The number of fused-ring (bicyclic) bond motifs is 1. The summed E-state index contributed by atoms with van der Waals surface area (Å²) in [6.45, 7) is 2.87. The van der Waals surface area contributed by atoms with Crippen LogP contribution in [0.2, 0.25) is 0 Å². The molecule has 3 aromatic rings. The van der Waals surface area contributed by atoms with Crippen LogP contribution in [0.1, 0.15) is 25.0 Å². The van der Waals surface area contributed by atoms with Gasteiger partial charge in [-0.3, -0.25) is 9.38 Å². The molecule has 1 aliphatic heterocycles. The Hall–Kier alpha value is -2.68. The summed E-state index contributed by atoms with van der Waals surface area (Å²) in [4.78, 5) is 13.0. The fourth-order valence-corrected chi connectivity index (χ4v) is 3.95. The highest BCUT2D eigenvalue weighted by Crippen LogP contribution is 2.58. The van der Waals surface area contributed by atoms with E-state index < -0.39 is 11.6 Å². The zero-order valence-electron chi connectivity index (χ0n) is 15.7. The van der Waals surface area contributed by atoms with Crippen LogP contribution in [0, 0.1) is 5.92 Å². The molecule has 1 aliphatic carbocycles. The van der Waals surface area contributed by atoms with Crippen molar-refractivity contribution in [2.45, 2.75) is 30.9 Å². The molecule has 2 N–H and O–H groups in total. The second-order valence-corrected chi connectivity index (χ2v) is 7.87. The molecule has 0 spiro atoms. The summed E-state index contributed by atoms with van der Waals surface area (Å²) in [6.07, 6.45) is 1.48. The Balaban J connectivity index is 1.46. The minimum Gasteiger partial charge on any atom is -0.370 e. The lowest BCUT2D eigenvalue weighted by molar-refractivity contribution is -0.161. The molecule has 4 heterocycles. The van der Waals surface area contributed by atoms with Crippen LogP contribution in [0.5, 0.6) is 0 Å². The largest absolute Gasteiger partial charge is 0.399 e. The number of hydrogen-bond acceptors (Lipinski definition) is 5. The molecule has 152 valence electrons. The molecule has 29 heavy (non-hydrogen) atoms. The molecule has 6 nitrogen and oxygen atoms in total. The first-order chi connectivity index (χ1) is 14.0. The van der Waals surface area contributed by atoms with Crippen LogP contribution in [0.25, 0.3) is 17.0 Å². The van der Waals surface area contributed by atoms with Crippen LogP contribution in [0.3, 0.4) is 0 Å². The van der Waals surface area contributed by atoms with Gasteiger partial charge in [0, 0.05) is 12.7 Å². The smallest absolute Gasteiger partial charge is 0.370 e. The van der Waals surface area contributed by atoms with Gasteiger partial charge in [-0.1, -0.05) is 6.07 Å². The minimum absolute atomic E-state index is 0.0414. The number of alkyl halides is 3. The third-order valence-electron chi connectivity index (χ3n) is 5.92. The van der Waals surface area contributed by atoms with Crippen molar-refractivity contribution in [2.75, 3.05) is 25.0 Å². The summed E-state index contributed by atoms with van der Waals surface area (Å²) in [5, 5.41) is 6.70. The molecule has 0 amide bonds. The van der Waals surface area contributed by atoms with Gasteiger partial charge in [-0.2, -0.15) is 13.2 Å². The summed E-state index contributed by atoms with van der Waals surface area (Å²) in [5.74, 6) is 1.31. The number of anilines is 1. The summed E-state index contributed by atoms with van der Waals surface area (Å²) < 4.78 is 42.2. The maximum Gasteiger partial charge on any atom is 0.399 e. The third kappa shape index (κ3) is 3.23. The van der Waals surface area contributed by atoms with E-state index >= 15 is 0 Å². The van der Waals surface area contributed by atoms with E-state index in [9.17, 15) is 13.2 Å². The van der Waals surface area contributed by atoms with E-state index in [-0.39, 0.29) is 18.5 Å². The normalized spacial score (nSPS) is 20.9. The van der Waals surface area contributed by atoms with E-state index in [1.54, 1.807) is 10.6 Å². The number of nitrogens with zero attached hydrogens (tertiary/aromatic N) is 4. The van der Waals surface area contributed by atoms with Gasteiger partial charge in [-0.15, -0.1) is 0 Å². The van der Waals surface area contributed by atoms with Crippen molar-refractivity contribution < 1.29 is 13.2 Å². The maximum atomic E-state index is 13.5. The van der Waals surface area contributed by atoms with Crippen LogP contribution in [-0.4, -0.2) is 45.2 Å². The first-order valence-electron chi connectivity index (χ1n) is 9.79. The van der Waals surface area contributed by atoms with Crippen molar-refractivity contribution in [1.29, 1.82) is 0 Å². The molecule has 5 rings (SSSR count). The van der Waals surface area contributed by atoms with Crippen molar-refractivity contribution in [3.8, 4) is 11.4 Å². The highest BCUT2D eigenvalue weighted by molar-refractivity contribution is 5.61. The van der Waals surface area contributed by atoms with Crippen molar-refractivity contribution >= 4 is 11.5 Å². The number of rotatable bonds is 5. The first-order valence-corrected chi connectivity index (χ1v) is 9.79. The Morgan fingerprint density at radius 1 is 1.21 bits per heavy atom. The lowest BCUT2D eigenvalue weighted by atomic mass is 10.0. The molecule has 1 saturated carbocycles. The SMILES string of the molecule is FC(F)(F)C1(c2cn3c(-c4cccc(NC[C@@H]5CCNC5)n4)cnc3cn2)CC1. The molecular weight excluding hydrogens is 381 g/mol. The molecule has 3 aromatic heterocycles. The van der Waals surface area contributed by atoms with Gasteiger partial charge in [0.1, 0.15) is 11.2 Å². The van der Waals surface area contributed by atoms with Gasteiger partial charge < -0.3 is 10.6 Å². The van der Waals surface area contributed by atoms with Crippen molar-refractivity contribution in [1.82, 2.24) is 24.7 Å². The first kappa shape index (κ1) is 18.4. The summed E-state index contributed by atoms with van der Waals surface area (Å²) in [5.41, 5.74) is 0.0158. The van der Waals surface area contributed by atoms with Crippen LogP contribution < -0.4 is 10.6 Å². The number of nitrogens with one attached hydrogen (secondary N) is 2. The molecule has 2 fully saturated rings. The van der Waals surface area contributed by atoms with E-state index in [2.05, 4.69) is 25.6 Å².